The van der Waals surface area contributed by atoms with Crippen molar-refractivity contribution in [3.63, 3.8) is 0 Å². The summed E-state index contributed by atoms with van der Waals surface area (Å²) in [6, 6.07) is 25.3. The second kappa shape index (κ2) is 20.7. The first kappa shape index (κ1) is 37.3. The van der Waals surface area contributed by atoms with Crippen LogP contribution in [0, 0.1) is 5.92 Å². The van der Waals surface area contributed by atoms with Crippen LogP contribution in [-0.4, -0.2) is 35.7 Å². The summed E-state index contributed by atoms with van der Waals surface area (Å²) in [5, 5.41) is 9.66. The summed E-state index contributed by atoms with van der Waals surface area (Å²) < 4.78 is 13.7. The van der Waals surface area contributed by atoms with Crippen molar-refractivity contribution in [1.29, 1.82) is 0 Å². The number of aliphatic hydroxyl groups excluding tert-OH is 1. The molecule has 1 saturated heterocycles. The van der Waals surface area contributed by atoms with Crippen LogP contribution in [-0.2, 0) is 22.6 Å². The molecule has 0 spiro atoms. The third-order valence-corrected chi connectivity index (χ3v) is 9.90. The van der Waals surface area contributed by atoms with Crippen LogP contribution in [0.15, 0.2) is 72.8 Å². The van der Waals surface area contributed by atoms with E-state index >= 15 is 0 Å². The minimum atomic E-state index is -0.451. The first-order chi connectivity index (χ1) is 23.1. The number of hydrogen-bond acceptors (Lipinski definition) is 5. The third-order valence-electron chi connectivity index (χ3n) is 9.90. The maximum absolute atomic E-state index is 9.66. The van der Waals surface area contributed by atoms with Gasteiger partial charge < -0.3 is 25.2 Å². The summed E-state index contributed by atoms with van der Waals surface area (Å²) >= 11 is 0. The van der Waals surface area contributed by atoms with Crippen molar-refractivity contribution < 1.29 is 14.6 Å². The predicted octanol–water partition coefficient (Wildman–Crippen LogP) is 10.1. The number of aliphatic hydroxyl groups is 1. The Labute approximate surface area is 285 Å². The summed E-state index contributed by atoms with van der Waals surface area (Å²) in [6.45, 7) is 10.6. The lowest BCUT2D eigenvalue weighted by atomic mass is 9.89. The van der Waals surface area contributed by atoms with Crippen LogP contribution in [0.4, 0.5) is 0 Å². The Hall–Kier alpha value is -2.54. The van der Waals surface area contributed by atoms with E-state index in [0.717, 1.165) is 47.5 Å². The maximum Gasteiger partial charge on any atom is 0.184 e. The molecule has 0 aliphatic carbocycles. The minimum absolute atomic E-state index is 0.0392. The van der Waals surface area contributed by atoms with Gasteiger partial charge in [-0.25, -0.2) is 0 Å². The molecule has 0 unspecified atom stereocenters. The van der Waals surface area contributed by atoms with Crippen LogP contribution in [0.25, 0.3) is 11.1 Å². The molecule has 3 N–H and O–H groups in total. The largest absolute Gasteiger partial charge is 0.392 e. The van der Waals surface area contributed by atoms with E-state index in [9.17, 15) is 5.11 Å². The number of nitrogens with two attached hydrogens (primary N) is 1. The standard InChI is InChI=1S/C42H62N2O3/c1-4-6-8-10-12-14-27-44(28-15-13-11-9-7-5-2)31-40-33(3)41(37-21-19-34(32-45)20-22-37)47-42(46-40)38-25-23-36(24-26-38)39-18-16-17-35(29-39)30-43/h16-26,29,33,40-42,45H,4-15,27-28,30-32,43H2,1-3H3/t33-,40+,41+,42+/m0/s1. The van der Waals surface area contributed by atoms with Gasteiger partial charge in [0.15, 0.2) is 6.29 Å². The van der Waals surface area contributed by atoms with Crippen molar-refractivity contribution in [2.75, 3.05) is 19.6 Å². The van der Waals surface area contributed by atoms with Gasteiger partial charge in [-0.05, 0) is 59.8 Å². The van der Waals surface area contributed by atoms with Crippen molar-refractivity contribution in [3.8, 4) is 11.1 Å². The lowest BCUT2D eigenvalue weighted by Crippen LogP contribution is -2.45. The van der Waals surface area contributed by atoms with E-state index < -0.39 is 6.29 Å². The molecule has 4 atom stereocenters. The highest BCUT2D eigenvalue weighted by atomic mass is 16.7. The fourth-order valence-electron chi connectivity index (χ4n) is 6.82. The lowest BCUT2D eigenvalue weighted by Gasteiger charge is -2.43. The van der Waals surface area contributed by atoms with Gasteiger partial charge in [0.1, 0.15) is 0 Å². The van der Waals surface area contributed by atoms with Gasteiger partial charge in [-0.3, -0.25) is 0 Å². The van der Waals surface area contributed by atoms with Gasteiger partial charge in [-0.1, -0.05) is 152 Å². The Balaban J connectivity index is 1.51. The molecule has 47 heavy (non-hydrogen) atoms. The molecule has 1 aliphatic rings. The maximum atomic E-state index is 9.66. The van der Waals surface area contributed by atoms with Crippen molar-refractivity contribution in [2.24, 2.45) is 11.7 Å². The summed E-state index contributed by atoms with van der Waals surface area (Å²) in [5.74, 6) is 0.182. The van der Waals surface area contributed by atoms with E-state index in [1.165, 1.54) is 82.6 Å². The van der Waals surface area contributed by atoms with Gasteiger partial charge in [-0.2, -0.15) is 0 Å². The summed E-state index contributed by atoms with van der Waals surface area (Å²) in [7, 11) is 0. The molecule has 0 saturated carbocycles. The Bertz CT molecular complexity index is 1250. The van der Waals surface area contributed by atoms with Gasteiger partial charge in [0, 0.05) is 24.6 Å². The van der Waals surface area contributed by atoms with Gasteiger partial charge in [0.05, 0.1) is 18.8 Å². The van der Waals surface area contributed by atoms with E-state index in [2.05, 4.69) is 86.3 Å². The third kappa shape index (κ3) is 11.8. The highest BCUT2D eigenvalue weighted by Crippen LogP contribution is 2.42. The lowest BCUT2D eigenvalue weighted by molar-refractivity contribution is -0.276. The van der Waals surface area contributed by atoms with E-state index in [1.54, 1.807) is 0 Å². The van der Waals surface area contributed by atoms with Gasteiger partial charge >= 0.3 is 0 Å². The molecule has 4 rings (SSSR count). The number of benzene rings is 3. The van der Waals surface area contributed by atoms with Crippen LogP contribution in [0.2, 0.25) is 0 Å². The Kier molecular flexibility index (Phi) is 16.5. The molecule has 5 heteroatoms. The summed E-state index contributed by atoms with van der Waals surface area (Å²) in [4.78, 5) is 2.68. The molecule has 258 valence electrons. The first-order valence-corrected chi connectivity index (χ1v) is 18.7. The van der Waals surface area contributed by atoms with Crippen LogP contribution in [0.3, 0.4) is 0 Å². The molecule has 3 aromatic carbocycles. The highest BCUT2D eigenvalue weighted by molar-refractivity contribution is 5.64. The Morgan fingerprint density at radius 3 is 1.85 bits per heavy atom. The number of unbranched alkanes of at least 4 members (excludes halogenated alkanes) is 10. The van der Waals surface area contributed by atoms with E-state index in [-0.39, 0.29) is 24.7 Å². The van der Waals surface area contributed by atoms with Crippen molar-refractivity contribution >= 4 is 0 Å². The first-order valence-electron chi connectivity index (χ1n) is 18.7. The summed E-state index contributed by atoms with van der Waals surface area (Å²) in [5.41, 5.74) is 12.5. The molecular weight excluding hydrogens is 580 g/mol. The smallest absolute Gasteiger partial charge is 0.184 e. The second-order valence-electron chi connectivity index (χ2n) is 13.7. The molecule has 1 fully saturated rings. The molecule has 1 heterocycles. The fourth-order valence-corrected chi connectivity index (χ4v) is 6.82. The zero-order valence-electron chi connectivity index (χ0n) is 29.5. The fraction of sp³-hybridized carbons (Fsp3) is 0.571. The molecule has 3 aromatic rings. The molecule has 5 nitrogen and oxygen atoms in total. The number of nitrogens with zero attached hydrogens (tertiary/aromatic N) is 1. The molecule has 0 amide bonds. The zero-order chi connectivity index (χ0) is 33.3. The zero-order valence-corrected chi connectivity index (χ0v) is 29.5. The SMILES string of the molecule is CCCCCCCCN(CCCCCCCC)C[C@H]1O[C@@H](c2ccc(-c3cccc(CN)c3)cc2)O[C@@H](c2ccc(CO)cc2)[C@H]1C. The van der Waals surface area contributed by atoms with Crippen molar-refractivity contribution in [3.05, 3.63) is 95.1 Å². The van der Waals surface area contributed by atoms with E-state index in [0.29, 0.717) is 6.54 Å². The molecule has 0 aromatic heterocycles. The van der Waals surface area contributed by atoms with Gasteiger partial charge in [-0.15, -0.1) is 0 Å². The quantitative estimate of drug-likeness (QED) is 0.113. The molecule has 0 radical (unpaired) electrons. The number of ether oxygens (including phenoxy) is 2. The van der Waals surface area contributed by atoms with Crippen molar-refractivity contribution in [1.82, 2.24) is 4.90 Å². The number of hydrogen-bond donors (Lipinski definition) is 2. The van der Waals surface area contributed by atoms with E-state index in [4.69, 9.17) is 15.2 Å². The average molecular weight is 643 g/mol. The van der Waals surface area contributed by atoms with Gasteiger partial charge in [0.2, 0.25) is 0 Å². The van der Waals surface area contributed by atoms with Crippen LogP contribution in [0.1, 0.15) is 132 Å². The molecular formula is C42H62N2O3. The monoisotopic (exact) mass is 642 g/mol. The normalized spacial score (nSPS) is 19.8. The Morgan fingerprint density at radius 1 is 0.660 bits per heavy atom. The predicted molar refractivity (Wildman–Crippen MR) is 196 cm³/mol. The van der Waals surface area contributed by atoms with Crippen molar-refractivity contribution in [2.45, 2.75) is 129 Å². The van der Waals surface area contributed by atoms with E-state index in [1.807, 2.05) is 12.1 Å². The second-order valence-corrected chi connectivity index (χ2v) is 13.7. The topological polar surface area (TPSA) is 68.0 Å². The van der Waals surface area contributed by atoms with Crippen LogP contribution >= 0.6 is 0 Å². The summed E-state index contributed by atoms with van der Waals surface area (Å²) in [6.07, 6.45) is 15.2. The highest BCUT2D eigenvalue weighted by Gasteiger charge is 2.39. The van der Waals surface area contributed by atoms with Crippen LogP contribution < -0.4 is 5.73 Å². The Morgan fingerprint density at radius 2 is 1.26 bits per heavy atom. The van der Waals surface area contributed by atoms with Gasteiger partial charge in [0.25, 0.3) is 0 Å². The van der Waals surface area contributed by atoms with Crippen LogP contribution in [0.5, 0.6) is 0 Å². The average Bonchev–Trinajstić information content (AvgIpc) is 3.12. The number of rotatable bonds is 21. The molecule has 0 bridgehead atoms. The molecule has 1 aliphatic heterocycles. The minimum Gasteiger partial charge on any atom is -0.392 e.